The summed E-state index contributed by atoms with van der Waals surface area (Å²) in [4.78, 5) is 15.0. The van der Waals surface area contributed by atoms with E-state index in [1.165, 1.54) is 6.07 Å². The molecular formula is C18H24N2O3Si. The molecule has 1 aromatic carbocycles. The van der Waals surface area contributed by atoms with Crippen molar-refractivity contribution in [2.45, 2.75) is 45.5 Å². The van der Waals surface area contributed by atoms with Crippen molar-refractivity contribution in [2.24, 2.45) is 0 Å². The van der Waals surface area contributed by atoms with E-state index in [9.17, 15) is 10.1 Å². The van der Waals surface area contributed by atoms with E-state index >= 15 is 0 Å². The lowest BCUT2D eigenvalue weighted by Crippen LogP contribution is -2.40. The quantitative estimate of drug-likeness (QED) is 0.426. The van der Waals surface area contributed by atoms with Crippen molar-refractivity contribution in [2.75, 3.05) is 0 Å². The number of hydrogen-bond donors (Lipinski definition) is 0. The smallest absolute Gasteiger partial charge is 0.270 e. The van der Waals surface area contributed by atoms with E-state index in [0.717, 1.165) is 16.8 Å². The van der Waals surface area contributed by atoms with Crippen LogP contribution in [0, 0.1) is 10.1 Å². The predicted molar refractivity (Wildman–Crippen MR) is 98.3 cm³/mol. The Hall–Kier alpha value is -2.05. The number of benzene rings is 1. The van der Waals surface area contributed by atoms with Crippen molar-refractivity contribution in [3.8, 4) is 11.3 Å². The lowest BCUT2D eigenvalue weighted by molar-refractivity contribution is -0.384. The number of nitro benzene ring substituents is 1. The molecule has 1 aromatic heterocycles. The van der Waals surface area contributed by atoms with Gasteiger partial charge >= 0.3 is 0 Å². The van der Waals surface area contributed by atoms with Gasteiger partial charge in [-0.25, -0.2) is 0 Å². The number of aromatic nitrogens is 1. The van der Waals surface area contributed by atoms with Gasteiger partial charge in [0.15, 0.2) is 8.32 Å². The monoisotopic (exact) mass is 344 g/mol. The number of hydrogen-bond acceptors (Lipinski definition) is 4. The highest BCUT2D eigenvalue weighted by atomic mass is 28.4. The van der Waals surface area contributed by atoms with Crippen LogP contribution >= 0.6 is 0 Å². The molecule has 0 spiro atoms. The molecule has 0 aliphatic carbocycles. The van der Waals surface area contributed by atoms with Gasteiger partial charge in [0.2, 0.25) is 0 Å². The summed E-state index contributed by atoms with van der Waals surface area (Å²) in [6, 6.07) is 10.4. The second-order valence-electron chi connectivity index (χ2n) is 7.37. The molecule has 0 saturated carbocycles. The molecule has 0 aliphatic rings. The van der Waals surface area contributed by atoms with Crippen molar-refractivity contribution in [1.82, 2.24) is 4.98 Å². The van der Waals surface area contributed by atoms with Crippen LogP contribution in [0.4, 0.5) is 5.69 Å². The second kappa shape index (κ2) is 6.82. The van der Waals surface area contributed by atoms with Gasteiger partial charge in [-0.15, -0.1) is 0 Å². The van der Waals surface area contributed by atoms with E-state index in [0.29, 0.717) is 6.61 Å². The molecule has 0 aliphatic heterocycles. The average molecular weight is 344 g/mol. The van der Waals surface area contributed by atoms with E-state index < -0.39 is 13.2 Å². The van der Waals surface area contributed by atoms with E-state index in [1.807, 2.05) is 18.2 Å². The molecule has 5 nitrogen and oxygen atoms in total. The summed E-state index contributed by atoms with van der Waals surface area (Å²) in [5.74, 6) is 0. The minimum atomic E-state index is -1.88. The van der Waals surface area contributed by atoms with Crippen LogP contribution in [0.3, 0.4) is 0 Å². The molecule has 0 bridgehead atoms. The van der Waals surface area contributed by atoms with E-state index in [1.54, 1.807) is 18.3 Å². The van der Waals surface area contributed by atoms with Gasteiger partial charge in [-0.3, -0.25) is 15.1 Å². The number of rotatable bonds is 5. The zero-order valence-corrected chi connectivity index (χ0v) is 15.9. The Morgan fingerprint density at radius 2 is 1.92 bits per heavy atom. The third-order valence-corrected chi connectivity index (χ3v) is 9.09. The summed E-state index contributed by atoms with van der Waals surface area (Å²) in [5, 5.41) is 11.1. The van der Waals surface area contributed by atoms with Crippen LogP contribution in [-0.4, -0.2) is 18.2 Å². The summed E-state index contributed by atoms with van der Waals surface area (Å²) >= 11 is 0. The molecule has 0 amide bonds. The molecule has 128 valence electrons. The Morgan fingerprint density at radius 3 is 2.54 bits per heavy atom. The molecule has 6 heteroatoms. The zero-order valence-electron chi connectivity index (χ0n) is 14.9. The summed E-state index contributed by atoms with van der Waals surface area (Å²) < 4.78 is 6.28. The lowest BCUT2D eigenvalue weighted by atomic mass is 10.1. The maximum Gasteiger partial charge on any atom is 0.270 e. The summed E-state index contributed by atoms with van der Waals surface area (Å²) in [6.07, 6.45) is 1.70. The van der Waals surface area contributed by atoms with Crippen LogP contribution in [0.1, 0.15) is 26.3 Å². The molecule has 0 N–H and O–H groups in total. The van der Waals surface area contributed by atoms with Crippen molar-refractivity contribution in [3.05, 3.63) is 58.3 Å². The van der Waals surface area contributed by atoms with Crippen LogP contribution in [0.2, 0.25) is 18.1 Å². The second-order valence-corrected chi connectivity index (χ2v) is 12.2. The van der Waals surface area contributed by atoms with E-state index in [2.05, 4.69) is 38.8 Å². The first-order valence-corrected chi connectivity index (χ1v) is 10.9. The van der Waals surface area contributed by atoms with Crippen LogP contribution in [0.25, 0.3) is 11.3 Å². The predicted octanol–water partition coefficient (Wildman–Crippen LogP) is 5.18. The third kappa shape index (κ3) is 4.07. The van der Waals surface area contributed by atoms with Crippen molar-refractivity contribution < 1.29 is 9.35 Å². The molecular weight excluding hydrogens is 320 g/mol. The van der Waals surface area contributed by atoms with Crippen LogP contribution in [-0.2, 0) is 11.0 Å². The molecule has 0 saturated heterocycles. The molecule has 0 radical (unpaired) electrons. The summed E-state index contributed by atoms with van der Waals surface area (Å²) in [7, 11) is -1.88. The Kier molecular flexibility index (Phi) is 5.20. The van der Waals surface area contributed by atoms with E-state index in [4.69, 9.17) is 4.43 Å². The lowest BCUT2D eigenvalue weighted by Gasteiger charge is -2.36. The van der Waals surface area contributed by atoms with Gasteiger partial charge in [0.1, 0.15) is 0 Å². The van der Waals surface area contributed by atoms with Gasteiger partial charge in [-0.2, -0.15) is 0 Å². The Balaban J connectivity index is 2.32. The molecule has 2 rings (SSSR count). The SMILES string of the molecule is CC(C)(C)[Si](C)(C)OCc1cccnc1-c1cccc([N+](=O)[O-])c1. The third-order valence-electron chi connectivity index (χ3n) is 4.62. The fourth-order valence-corrected chi connectivity index (χ4v) is 3.01. The number of pyridine rings is 1. The normalized spacial score (nSPS) is 12.2. The highest BCUT2D eigenvalue weighted by Crippen LogP contribution is 2.37. The van der Waals surface area contributed by atoms with E-state index in [-0.39, 0.29) is 10.7 Å². The molecule has 24 heavy (non-hydrogen) atoms. The minimum Gasteiger partial charge on any atom is -0.412 e. The van der Waals surface area contributed by atoms with Crippen LogP contribution in [0.15, 0.2) is 42.6 Å². The fraction of sp³-hybridized carbons (Fsp3) is 0.389. The standard InChI is InChI=1S/C18H24N2O3Si/c1-18(2,3)24(4,5)23-13-15-9-7-11-19-17(15)14-8-6-10-16(12-14)20(21)22/h6-12H,13H2,1-5H3. The highest BCUT2D eigenvalue weighted by molar-refractivity contribution is 6.74. The van der Waals surface area contributed by atoms with Gasteiger partial charge in [0, 0.05) is 29.5 Å². The topological polar surface area (TPSA) is 65.3 Å². The molecule has 1 heterocycles. The molecule has 0 unspecified atom stereocenters. The molecule has 2 aromatic rings. The first kappa shape index (κ1) is 18.3. The Morgan fingerprint density at radius 1 is 1.21 bits per heavy atom. The maximum atomic E-state index is 11.0. The number of non-ortho nitro benzene ring substituents is 1. The maximum absolute atomic E-state index is 11.0. The molecule has 0 atom stereocenters. The van der Waals surface area contributed by atoms with Crippen molar-refractivity contribution in [1.29, 1.82) is 0 Å². The van der Waals surface area contributed by atoms with Gasteiger partial charge in [0.25, 0.3) is 5.69 Å². The highest BCUT2D eigenvalue weighted by Gasteiger charge is 2.37. The zero-order chi connectivity index (χ0) is 18.0. The van der Waals surface area contributed by atoms with Gasteiger partial charge in [-0.1, -0.05) is 39.0 Å². The largest absolute Gasteiger partial charge is 0.412 e. The van der Waals surface area contributed by atoms with Gasteiger partial charge in [-0.05, 0) is 24.2 Å². The van der Waals surface area contributed by atoms with Gasteiger partial charge < -0.3 is 4.43 Å². The average Bonchev–Trinajstić information content (AvgIpc) is 2.52. The van der Waals surface area contributed by atoms with Gasteiger partial charge in [0.05, 0.1) is 17.2 Å². The van der Waals surface area contributed by atoms with Crippen LogP contribution in [0.5, 0.6) is 0 Å². The summed E-state index contributed by atoms with van der Waals surface area (Å²) in [5.41, 5.74) is 2.48. The summed E-state index contributed by atoms with van der Waals surface area (Å²) in [6.45, 7) is 11.5. The van der Waals surface area contributed by atoms with Crippen molar-refractivity contribution in [3.63, 3.8) is 0 Å². The fourth-order valence-electron chi connectivity index (χ4n) is 2.06. The number of nitrogens with zero attached hydrogens (tertiary/aromatic N) is 2. The van der Waals surface area contributed by atoms with Crippen LogP contribution < -0.4 is 0 Å². The Bertz CT molecular complexity index is 739. The molecule has 0 fully saturated rings. The first-order chi connectivity index (χ1) is 11.1. The Labute approximate surface area is 144 Å². The van der Waals surface area contributed by atoms with Crippen molar-refractivity contribution >= 4 is 14.0 Å². The first-order valence-electron chi connectivity index (χ1n) is 7.94. The number of nitro groups is 1. The minimum absolute atomic E-state index is 0.0643.